The minimum atomic E-state index is 0.582. The number of ether oxygens (including phenoxy) is 1. The molecule has 1 aromatic heterocycles. The Bertz CT molecular complexity index is 227. The van der Waals surface area contributed by atoms with E-state index in [2.05, 4.69) is 17.1 Å². The Morgan fingerprint density at radius 1 is 1.42 bits per heavy atom. The molecule has 0 amide bonds. The lowest BCUT2D eigenvalue weighted by Crippen LogP contribution is -1.99. The van der Waals surface area contributed by atoms with E-state index in [0.717, 1.165) is 13.0 Å². The maximum atomic E-state index is 5.27. The van der Waals surface area contributed by atoms with E-state index in [9.17, 15) is 0 Å². The van der Waals surface area contributed by atoms with Gasteiger partial charge in [-0.1, -0.05) is 6.92 Å². The standard InChI is InChI=1S/C7H11IN2O2/c1-2-4-11-5-3-6-9-10-7(8)12-6/h2-5H2,1H3. The molecule has 4 nitrogen and oxygen atoms in total. The van der Waals surface area contributed by atoms with Crippen molar-refractivity contribution < 1.29 is 9.15 Å². The highest BCUT2D eigenvalue weighted by atomic mass is 127. The molecule has 68 valence electrons. The third-order valence-corrected chi connectivity index (χ3v) is 1.69. The predicted octanol–water partition coefficient (Wildman–Crippen LogP) is 1.64. The molecular formula is C7H11IN2O2. The van der Waals surface area contributed by atoms with Gasteiger partial charge in [-0.25, -0.2) is 0 Å². The first-order valence-electron chi connectivity index (χ1n) is 3.88. The summed E-state index contributed by atoms with van der Waals surface area (Å²) in [4.78, 5) is 0. The highest BCUT2D eigenvalue weighted by Crippen LogP contribution is 2.02. The second kappa shape index (κ2) is 5.47. The lowest BCUT2D eigenvalue weighted by atomic mass is 10.4. The van der Waals surface area contributed by atoms with Crippen LogP contribution in [0.1, 0.15) is 19.2 Å². The molecular weight excluding hydrogens is 271 g/mol. The Morgan fingerprint density at radius 3 is 2.83 bits per heavy atom. The molecule has 0 saturated heterocycles. The van der Waals surface area contributed by atoms with E-state index in [1.54, 1.807) is 0 Å². The van der Waals surface area contributed by atoms with Crippen LogP contribution in [0.2, 0.25) is 0 Å². The number of hydrogen-bond acceptors (Lipinski definition) is 4. The van der Waals surface area contributed by atoms with Crippen LogP contribution >= 0.6 is 22.6 Å². The van der Waals surface area contributed by atoms with Gasteiger partial charge in [0.1, 0.15) is 0 Å². The number of aromatic nitrogens is 2. The van der Waals surface area contributed by atoms with Crippen molar-refractivity contribution >= 4 is 22.6 Å². The van der Waals surface area contributed by atoms with Gasteiger partial charge in [-0.2, -0.15) is 0 Å². The molecule has 0 aliphatic rings. The van der Waals surface area contributed by atoms with Crippen LogP contribution < -0.4 is 0 Å². The van der Waals surface area contributed by atoms with Crippen molar-refractivity contribution in [2.24, 2.45) is 0 Å². The SMILES string of the molecule is CCCOCCc1nnc(I)o1. The molecule has 0 N–H and O–H groups in total. The van der Waals surface area contributed by atoms with Gasteiger partial charge >= 0.3 is 0 Å². The average molecular weight is 282 g/mol. The van der Waals surface area contributed by atoms with Crippen LogP contribution in [0.5, 0.6) is 0 Å². The third-order valence-electron chi connectivity index (χ3n) is 1.25. The maximum Gasteiger partial charge on any atom is 0.278 e. The van der Waals surface area contributed by atoms with Gasteiger partial charge in [0.15, 0.2) is 0 Å². The van der Waals surface area contributed by atoms with Gasteiger partial charge in [0, 0.05) is 35.6 Å². The fourth-order valence-electron chi connectivity index (χ4n) is 0.740. The average Bonchev–Trinajstić information content (AvgIpc) is 2.45. The molecule has 1 heterocycles. The van der Waals surface area contributed by atoms with Crippen LogP contribution in [-0.4, -0.2) is 23.4 Å². The van der Waals surface area contributed by atoms with E-state index < -0.39 is 0 Å². The summed E-state index contributed by atoms with van der Waals surface area (Å²) in [6, 6.07) is 0. The van der Waals surface area contributed by atoms with Crippen molar-refractivity contribution in [3.63, 3.8) is 0 Å². The molecule has 0 saturated carbocycles. The Hall–Kier alpha value is -0.170. The zero-order chi connectivity index (χ0) is 8.81. The van der Waals surface area contributed by atoms with Crippen LogP contribution in [0.4, 0.5) is 0 Å². The molecule has 0 radical (unpaired) electrons. The Kier molecular flexibility index (Phi) is 4.52. The van der Waals surface area contributed by atoms with Crippen LogP contribution in [0.15, 0.2) is 4.42 Å². The first kappa shape index (κ1) is 9.91. The second-order valence-corrected chi connectivity index (χ2v) is 3.23. The summed E-state index contributed by atoms with van der Waals surface area (Å²) in [5.74, 6) is 0.649. The summed E-state index contributed by atoms with van der Waals surface area (Å²) in [5.41, 5.74) is 0. The van der Waals surface area contributed by atoms with Crippen molar-refractivity contribution in [1.29, 1.82) is 0 Å². The minimum absolute atomic E-state index is 0.582. The summed E-state index contributed by atoms with van der Waals surface area (Å²) in [5, 5.41) is 7.54. The molecule has 0 aromatic carbocycles. The van der Waals surface area contributed by atoms with Crippen LogP contribution in [0.25, 0.3) is 0 Å². The van der Waals surface area contributed by atoms with E-state index in [1.165, 1.54) is 0 Å². The quantitative estimate of drug-likeness (QED) is 0.608. The van der Waals surface area contributed by atoms with E-state index in [4.69, 9.17) is 9.15 Å². The summed E-state index contributed by atoms with van der Waals surface area (Å²) in [7, 11) is 0. The minimum Gasteiger partial charge on any atom is -0.416 e. The molecule has 12 heavy (non-hydrogen) atoms. The number of halogens is 1. The monoisotopic (exact) mass is 282 g/mol. The first-order valence-corrected chi connectivity index (χ1v) is 4.96. The molecule has 0 bridgehead atoms. The van der Waals surface area contributed by atoms with Crippen molar-refractivity contribution in [1.82, 2.24) is 10.2 Å². The zero-order valence-electron chi connectivity index (χ0n) is 6.92. The summed E-state index contributed by atoms with van der Waals surface area (Å²) in [6.07, 6.45) is 1.75. The molecule has 0 unspecified atom stereocenters. The van der Waals surface area contributed by atoms with Crippen LogP contribution in [0.3, 0.4) is 0 Å². The fourth-order valence-corrected chi connectivity index (χ4v) is 1.10. The van der Waals surface area contributed by atoms with E-state index in [-0.39, 0.29) is 0 Å². The lowest BCUT2D eigenvalue weighted by Gasteiger charge is -1.97. The Labute approximate surface area is 84.8 Å². The van der Waals surface area contributed by atoms with Gasteiger partial charge in [-0.15, -0.1) is 10.2 Å². The fraction of sp³-hybridized carbons (Fsp3) is 0.714. The van der Waals surface area contributed by atoms with E-state index in [0.29, 0.717) is 22.8 Å². The molecule has 0 aliphatic carbocycles. The van der Waals surface area contributed by atoms with Crippen molar-refractivity contribution in [3.05, 3.63) is 9.79 Å². The summed E-state index contributed by atoms with van der Waals surface area (Å²) >= 11 is 1.99. The highest BCUT2D eigenvalue weighted by molar-refractivity contribution is 14.1. The van der Waals surface area contributed by atoms with Gasteiger partial charge in [0.05, 0.1) is 6.61 Å². The molecule has 5 heteroatoms. The molecule has 0 aliphatic heterocycles. The number of hydrogen-bond donors (Lipinski definition) is 0. The Balaban J connectivity index is 2.15. The first-order chi connectivity index (χ1) is 5.83. The van der Waals surface area contributed by atoms with Gasteiger partial charge in [-0.3, -0.25) is 0 Å². The van der Waals surface area contributed by atoms with Crippen molar-refractivity contribution in [2.45, 2.75) is 19.8 Å². The van der Waals surface area contributed by atoms with Gasteiger partial charge < -0.3 is 9.15 Å². The predicted molar refractivity (Wildman–Crippen MR) is 51.8 cm³/mol. The highest BCUT2D eigenvalue weighted by Gasteiger charge is 2.01. The largest absolute Gasteiger partial charge is 0.416 e. The van der Waals surface area contributed by atoms with Gasteiger partial charge in [-0.05, 0) is 6.42 Å². The van der Waals surface area contributed by atoms with Crippen molar-refractivity contribution in [2.75, 3.05) is 13.2 Å². The topological polar surface area (TPSA) is 48.2 Å². The van der Waals surface area contributed by atoms with Gasteiger partial charge in [0.25, 0.3) is 3.90 Å². The zero-order valence-corrected chi connectivity index (χ0v) is 9.07. The van der Waals surface area contributed by atoms with Crippen LogP contribution in [-0.2, 0) is 11.2 Å². The normalized spacial score (nSPS) is 10.5. The van der Waals surface area contributed by atoms with Gasteiger partial charge in [0.2, 0.25) is 5.89 Å². The Morgan fingerprint density at radius 2 is 2.25 bits per heavy atom. The molecule has 1 aromatic rings. The summed E-state index contributed by atoms with van der Waals surface area (Å²) < 4.78 is 11.0. The van der Waals surface area contributed by atoms with Crippen molar-refractivity contribution in [3.8, 4) is 0 Å². The molecule has 1 rings (SSSR count). The second-order valence-electron chi connectivity index (χ2n) is 2.31. The maximum absolute atomic E-state index is 5.27. The molecule has 0 spiro atoms. The molecule has 0 atom stereocenters. The van der Waals surface area contributed by atoms with E-state index >= 15 is 0 Å². The molecule has 0 fully saturated rings. The van der Waals surface area contributed by atoms with Crippen LogP contribution in [0, 0.1) is 3.90 Å². The number of rotatable bonds is 5. The number of nitrogens with zero attached hydrogens (tertiary/aromatic N) is 2. The van der Waals surface area contributed by atoms with E-state index in [1.807, 2.05) is 22.6 Å². The smallest absolute Gasteiger partial charge is 0.278 e. The third kappa shape index (κ3) is 3.48. The summed E-state index contributed by atoms with van der Waals surface area (Å²) in [6.45, 7) is 3.53. The lowest BCUT2D eigenvalue weighted by molar-refractivity contribution is 0.133.